The number of anilines is 2. The second kappa shape index (κ2) is 9.55. The van der Waals surface area contributed by atoms with Gasteiger partial charge in [0.1, 0.15) is 11.4 Å². The summed E-state index contributed by atoms with van der Waals surface area (Å²) in [4.78, 5) is 19.0. The molecule has 0 radical (unpaired) electrons. The van der Waals surface area contributed by atoms with E-state index in [0.717, 1.165) is 45.1 Å². The fourth-order valence-electron chi connectivity index (χ4n) is 2.79. The van der Waals surface area contributed by atoms with Crippen LogP contribution in [0, 0.1) is 0 Å². The van der Waals surface area contributed by atoms with Gasteiger partial charge in [0.2, 0.25) is 0 Å². The van der Waals surface area contributed by atoms with Gasteiger partial charge in [-0.1, -0.05) is 11.6 Å². The van der Waals surface area contributed by atoms with Crippen molar-refractivity contribution in [1.29, 1.82) is 0 Å². The molecule has 3 rings (SSSR count). The number of nitrogens with one attached hydrogen (secondary N) is 2. The maximum absolute atomic E-state index is 12.5. The first-order valence-corrected chi connectivity index (χ1v) is 9.18. The van der Waals surface area contributed by atoms with Gasteiger partial charge in [-0.15, -0.1) is 0 Å². The van der Waals surface area contributed by atoms with Crippen molar-refractivity contribution >= 4 is 28.9 Å². The molecule has 1 aliphatic rings. The summed E-state index contributed by atoms with van der Waals surface area (Å²) in [5.41, 5.74) is 1.77. The Kier molecular flexibility index (Phi) is 6.86. The number of methoxy groups -OCH3 is 1. The molecule has 7 nitrogen and oxygen atoms in total. The summed E-state index contributed by atoms with van der Waals surface area (Å²) < 4.78 is 10.5. The minimum Gasteiger partial charge on any atom is -0.495 e. The molecule has 0 spiro atoms. The van der Waals surface area contributed by atoms with E-state index in [1.165, 1.54) is 0 Å². The summed E-state index contributed by atoms with van der Waals surface area (Å²) in [5.74, 6) is 0.257. The van der Waals surface area contributed by atoms with Crippen LogP contribution in [0.1, 0.15) is 10.5 Å². The highest BCUT2D eigenvalue weighted by atomic mass is 35.5. The fraction of sp³-hybridized carbons (Fsp3) is 0.368. The first-order valence-electron chi connectivity index (χ1n) is 8.80. The molecule has 0 bridgehead atoms. The molecule has 2 aromatic rings. The lowest BCUT2D eigenvalue weighted by atomic mass is 10.2. The van der Waals surface area contributed by atoms with E-state index in [4.69, 9.17) is 21.1 Å². The number of hydrogen-bond donors (Lipinski definition) is 2. The van der Waals surface area contributed by atoms with Crippen LogP contribution < -0.4 is 15.4 Å². The van der Waals surface area contributed by atoms with Crippen molar-refractivity contribution < 1.29 is 14.3 Å². The van der Waals surface area contributed by atoms with Crippen molar-refractivity contribution in [3.05, 3.63) is 47.2 Å². The van der Waals surface area contributed by atoms with Crippen LogP contribution in [-0.4, -0.2) is 62.3 Å². The Morgan fingerprint density at radius 3 is 2.81 bits per heavy atom. The first-order chi connectivity index (χ1) is 13.2. The van der Waals surface area contributed by atoms with Crippen molar-refractivity contribution in [3.63, 3.8) is 0 Å². The molecule has 1 amide bonds. The van der Waals surface area contributed by atoms with E-state index in [1.54, 1.807) is 37.6 Å². The van der Waals surface area contributed by atoms with Gasteiger partial charge in [-0.25, -0.2) is 0 Å². The zero-order chi connectivity index (χ0) is 19.1. The molecule has 1 saturated heterocycles. The van der Waals surface area contributed by atoms with Crippen LogP contribution in [0.3, 0.4) is 0 Å². The molecule has 0 aliphatic carbocycles. The van der Waals surface area contributed by atoms with Crippen molar-refractivity contribution in [2.45, 2.75) is 0 Å². The average molecular weight is 391 g/mol. The summed E-state index contributed by atoms with van der Waals surface area (Å²) in [6.45, 7) is 5.20. The number of pyridine rings is 1. The van der Waals surface area contributed by atoms with Crippen molar-refractivity contribution in [2.24, 2.45) is 0 Å². The monoisotopic (exact) mass is 390 g/mol. The minimum atomic E-state index is -0.298. The molecule has 1 aromatic carbocycles. The molecular weight excluding hydrogens is 368 g/mol. The van der Waals surface area contributed by atoms with Crippen molar-refractivity contribution in [1.82, 2.24) is 9.88 Å². The molecule has 27 heavy (non-hydrogen) atoms. The Balaban J connectivity index is 1.55. The van der Waals surface area contributed by atoms with Gasteiger partial charge in [0.05, 0.1) is 25.3 Å². The number of rotatable bonds is 7. The molecular formula is C19H23ClN4O3. The number of aromatic nitrogens is 1. The van der Waals surface area contributed by atoms with E-state index < -0.39 is 0 Å². The summed E-state index contributed by atoms with van der Waals surface area (Å²) in [6, 6.07) is 8.66. The number of hydrogen-bond acceptors (Lipinski definition) is 6. The standard InChI is InChI=1S/C19H23ClN4O3/c1-26-18-3-2-15(12-16(18)20)23-19(25)17-13-14(4-5-22-17)21-6-7-24-8-10-27-11-9-24/h2-5,12-13H,6-11H2,1H3,(H,21,22)(H,23,25). The summed E-state index contributed by atoms with van der Waals surface area (Å²) in [7, 11) is 1.54. The summed E-state index contributed by atoms with van der Waals surface area (Å²) in [5, 5.41) is 6.56. The van der Waals surface area contributed by atoms with E-state index in [2.05, 4.69) is 20.5 Å². The number of ether oxygens (including phenoxy) is 2. The van der Waals surface area contributed by atoms with Gasteiger partial charge in [0.15, 0.2) is 0 Å². The molecule has 1 aliphatic heterocycles. The van der Waals surface area contributed by atoms with Crippen LogP contribution in [-0.2, 0) is 4.74 Å². The molecule has 0 saturated carbocycles. The van der Waals surface area contributed by atoms with E-state index in [0.29, 0.717) is 22.2 Å². The van der Waals surface area contributed by atoms with Gasteiger partial charge in [0.25, 0.3) is 5.91 Å². The number of carbonyl (C=O) groups is 1. The predicted molar refractivity (Wildman–Crippen MR) is 106 cm³/mol. The minimum absolute atomic E-state index is 0.298. The maximum atomic E-state index is 12.5. The normalized spacial score (nSPS) is 14.6. The second-order valence-electron chi connectivity index (χ2n) is 6.11. The van der Waals surface area contributed by atoms with Crippen LogP contribution in [0.2, 0.25) is 5.02 Å². The summed E-state index contributed by atoms with van der Waals surface area (Å²) >= 11 is 6.09. The van der Waals surface area contributed by atoms with Crippen LogP contribution in [0.4, 0.5) is 11.4 Å². The van der Waals surface area contributed by atoms with Crippen molar-refractivity contribution in [3.8, 4) is 5.75 Å². The van der Waals surface area contributed by atoms with E-state index in [1.807, 2.05) is 6.07 Å². The first kappa shape index (κ1) is 19.4. The Hall–Kier alpha value is -2.35. The number of benzene rings is 1. The van der Waals surface area contributed by atoms with Gasteiger partial charge >= 0.3 is 0 Å². The molecule has 8 heteroatoms. The van der Waals surface area contributed by atoms with E-state index >= 15 is 0 Å². The Labute approximate surface area is 163 Å². The summed E-state index contributed by atoms with van der Waals surface area (Å²) in [6.07, 6.45) is 1.62. The van der Waals surface area contributed by atoms with E-state index in [-0.39, 0.29) is 5.91 Å². The number of halogens is 1. The third-order valence-electron chi connectivity index (χ3n) is 4.26. The number of morpholine rings is 1. The Morgan fingerprint density at radius 2 is 2.07 bits per heavy atom. The maximum Gasteiger partial charge on any atom is 0.274 e. The van der Waals surface area contributed by atoms with Crippen LogP contribution in [0.5, 0.6) is 5.75 Å². The third-order valence-corrected chi connectivity index (χ3v) is 4.56. The van der Waals surface area contributed by atoms with Gasteiger partial charge in [-0.3, -0.25) is 14.7 Å². The smallest absolute Gasteiger partial charge is 0.274 e. The predicted octanol–water partition coefficient (Wildman–Crippen LogP) is 2.74. The number of nitrogens with zero attached hydrogens (tertiary/aromatic N) is 2. The molecule has 0 unspecified atom stereocenters. The van der Waals surface area contributed by atoms with Gasteiger partial charge in [-0.2, -0.15) is 0 Å². The van der Waals surface area contributed by atoms with Gasteiger partial charge < -0.3 is 20.1 Å². The lowest BCUT2D eigenvalue weighted by Crippen LogP contribution is -2.39. The Bertz CT molecular complexity index is 781. The molecule has 0 atom stereocenters. The Morgan fingerprint density at radius 1 is 1.26 bits per heavy atom. The lowest BCUT2D eigenvalue weighted by Gasteiger charge is -2.26. The SMILES string of the molecule is COc1ccc(NC(=O)c2cc(NCCN3CCOCC3)ccn2)cc1Cl. The van der Waals surface area contributed by atoms with Gasteiger partial charge in [0, 0.05) is 43.8 Å². The van der Waals surface area contributed by atoms with Crippen LogP contribution in [0.25, 0.3) is 0 Å². The highest BCUT2D eigenvalue weighted by molar-refractivity contribution is 6.32. The lowest BCUT2D eigenvalue weighted by molar-refractivity contribution is 0.0398. The molecule has 1 aromatic heterocycles. The number of amides is 1. The van der Waals surface area contributed by atoms with Crippen molar-refractivity contribution in [2.75, 3.05) is 57.1 Å². The third kappa shape index (κ3) is 5.56. The molecule has 2 heterocycles. The number of carbonyl (C=O) groups excluding carboxylic acids is 1. The van der Waals surface area contributed by atoms with Crippen LogP contribution in [0.15, 0.2) is 36.5 Å². The van der Waals surface area contributed by atoms with Crippen LogP contribution >= 0.6 is 11.6 Å². The zero-order valence-electron chi connectivity index (χ0n) is 15.2. The molecule has 144 valence electrons. The zero-order valence-corrected chi connectivity index (χ0v) is 16.0. The highest BCUT2D eigenvalue weighted by Crippen LogP contribution is 2.27. The second-order valence-corrected chi connectivity index (χ2v) is 6.52. The highest BCUT2D eigenvalue weighted by Gasteiger charge is 2.11. The fourth-order valence-corrected chi connectivity index (χ4v) is 3.04. The molecule has 2 N–H and O–H groups in total. The quantitative estimate of drug-likeness (QED) is 0.757. The van der Waals surface area contributed by atoms with E-state index in [9.17, 15) is 4.79 Å². The van der Waals surface area contributed by atoms with Gasteiger partial charge in [-0.05, 0) is 30.3 Å². The average Bonchev–Trinajstić information content (AvgIpc) is 2.69. The largest absolute Gasteiger partial charge is 0.495 e. The topological polar surface area (TPSA) is 75.7 Å². The molecule has 1 fully saturated rings.